The number of nitrogens with one attached hydrogen (secondary N) is 2. The number of methoxy groups -OCH3 is 4. The maximum Gasteiger partial charge on any atom is 0.267 e. The van der Waals surface area contributed by atoms with Gasteiger partial charge in [0.1, 0.15) is 44.2 Å². The van der Waals surface area contributed by atoms with Crippen molar-refractivity contribution in [2.24, 2.45) is 0 Å². The first-order valence-corrected chi connectivity index (χ1v) is 12.5. The molecule has 1 amide bonds. The lowest BCUT2D eigenvalue weighted by Gasteiger charge is -2.14. The molecule has 0 aliphatic carbocycles. The molecule has 0 aliphatic heterocycles. The summed E-state index contributed by atoms with van der Waals surface area (Å²) in [6.45, 7) is 0. The van der Waals surface area contributed by atoms with Crippen LogP contribution < -0.4 is 29.6 Å². The highest BCUT2D eigenvalue weighted by atomic mass is 32.1. The van der Waals surface area contributed by atoms with Crippen molar-refractivity contribution >= 4 is 57.2 Å². The third kappa shape index (κ3) is 6.68. The van der Waals surface area contributed by atoms with Crippen molar-refractivity contribution in [2.75, 3.05) is 39.1 Å². The second-order valence-electron chi connectivity index (χ2n) is 6.71. The number of anilines is 2. The fourth-order valence-corrected chi connectivity index (χ4v) is 4.28. The van der Waals surface area contributed by atoms with E-state index < -0.39 is 0 Å². The van der Waals surface area contributed by atoms with Crippen molar-refractivity contribution < 1.29 is 23.7 Å². The number of benzene rings is 2. The maximum atomic E-state index is 12.0. The molecule has 0 radical (unpaired) electrons. The Morgan fingerprint density at radius 3 is 1.53 bits per heavy atom. The van der Waals surface area contributed by atoms with Crippen LogP contribution in [0.3, 0.4) is 0 Å². The SMILES string of the molecule is COc1cccc(OC)c1NC(=O)c1cncs1.COc1cccc(OC)c1NC(=S)c1cncs1. The van der Waals surface area contributed by atoms with Crippen LogP contribution in [0.15, 0.2) is 59.8 Å². The van der Waals surface area contributed by atoms with Gasteiger partial charge >= 0.3 is 0 Å². The number of aromatic nitrogens is 2. The number of hydrogen-bond donors (Lipinski definition) is 2. The van der Waals surface area contributed by atoms with Crippen LogP contribution in [0.5, 0.6) is 23.0 Å². The third-order valence-electron chi connectivity index (χ3n) is 4.64. The number of thiazole rings is 2. The molecule has 0 aliphatic rings. The highest BCUT2D eigenvalue weighted by Gasteiger charge is 2.15. The molecule has 2 aromatic carbocycles. The molecule has 0 unspecified atom stereocenters. The topological polar surface area (TPSA) is 104 Å². The molecule has 2 heterocycles. The molecule has 2 aromatic heterocycles. The number of amides is 1. The lowest BCUT2D eigenvalue weighted by atomic mass is 10.2. The van der Waals surface area contributed by atoms with Crippen LogP contribution in [0.2, 0.25) is 0 Å². The van der Waals surface area contributed by atoms with E-state index in [1.54, 1.807) is 49.6 Å². The first-order chi connectivity index (χ1) is 17.5. The number of rotatable bonds is 8. The van der Waals surface area contributed by atoms with E-state index in [0.29, 0.717) is 38.6 Å². The van der Waals surface area contributed by atoms with E-state index in [9.17, 15) is 4.79 Å². The Morgan fingerprint density at radius 1 is 0.722 bits per heavy atom. The number of hydrogen-bond acceptors (Lipinski definition) is 10. The minimum absolute atomic E-state index is 0.236. The van der Waals surface area contributed by atoms with Gasteiger partial charge in [0.05, 0.1) is 50.5 Å². The summed E-state index contributed by atoms with van der Waals surface area (Å²) in [4.78, 5) is 21.9. The zero-order chi connectivity index (χ0) is 25.9. The van der Waals surface area contributed by atoms with Crippen molar-refractivity contribution in [1.29, 1.82) is 0 Å². The van der Waals surface area contributed by atoms with Crippen LogP contribution >= 0.6 is 34.9 Å². The molecular formula is C24H24N4O5S3. The van der Waals surface area contributed by atoms with Gasteiger partial charge in [-0.1, -0.05) is 24.4 Å². The molecule has 4 aromatic rings. The Kier molecular flexibility index (Phi) is 9.98. The average Bonchev–Trinajstić information content (AvgIpc) is 3.64. The van der Waals surface area contributed by atoms with Crippen molar-refractivity contribution in [1.82, 2.24) is 9.97 Å². The van der Waals surface area contributed by atoms with E-state index >= 15 is 0 Å². The van der Waals surface area contributed by atoms with Gasteiger partial charge in [-0.05, 0) is 24.3 Å². The maximum absolute atomic E-state index is 12.0. The van der Waals surface area contributed by atoms with E-state index in [1.807, 2.05) is 18.2 Å². The predicted molar refractivity (Wildman–Crippen MR) is 147 cm³/mol. The molecule has 0 fully saturated rings. The van der Waals surface area contributed by atoms with Gasteiger partial charge in [-0.15, -0.1) is 22.7 Å². The Balaban J connectivity index is 0.000000201. The zero-order valence-corrected chi connectivity index (χ0v) is 22.4. The molecule has 0 saturated heterocycles. The first-order valence-electron chi connectivity index (χ1n) is 10.3. The summed E-state index contributed by atoms with van der Waals surface area (Å²) in [5.74, 6) is 2.22. The summed E-state index contributed by atoms with van der Waals surface area (Å²) in [5.41, 5.74) is 4.58. The first kappa shape index (κ1) is 26.9. The number of nitrogens with zero attached hydrogens (tertiary/aromatic N) is 2. The normalized spacial score (nSPS) is 9.89. The Hall–Kier alpha value is -3.74. The fourth-order valence-electron chi connectivity index (χ4n) is 2.95. The van der Waals surface area contributed by atoms with Crippen LogP contribution in [-0.2, 0) is 0 Å². The minimum Gasteiger partial charge on any atom is -0.494 e. The van der Waals surface area contributed by atoms with Crippen molar-refractivity contribution in [3.05, 3.63) is 69.6 Å². The summed E-state index contributed by atoms with van der Waals surface area (Å²) in [6, 6.07) is 10.9. The second kappa shape index (κ2) is 13.4. The van der Waals surface area contributed by atoms with Crippen LogP contribution in [-0.4, -0.2) is 49.3 Å². The molecule has 12 heteroatoms. The quantitative estimate of drug-likeness (QED) is 0.284. The van der Waals surface area contributed by atoms with Gasteiger partial charge in [0, 0.05) is 6.20 Å². The van der Waals surface area contributed by atoms with E-state index in [-0.39, 0.29) is 5.91 Å². The number of carbonyl (C=O) groups is 1. The number of para-hydroxylation sites is 2. The summed E-state index contributed by atoms with van der Waals surface area (Å²) in [5, 5.41) is 5.90. The summed E-state index contributed by atoms with van der Waals surface area (Å²) < 4.78 is 21.0. The number of ether oxygens (including phenoxy) is 4. The largest absolute Gasteiger partial charge is 0.494 e. The van der Waals surface area contributed by atoms with E-state index in [0.717, 1.165) is 10.6 Å². The molecule has 0 bridgehead atoms. The summed E-state index contributed by atoms with van der Waals surface area (Å²) >= 11 is 8.07. The van der Waals surface area contributed by atoms with Crippen LogP contribution in [0, 0.1) is 0 Å². The molecule has 0 spiro atoms. The number of carbonyl (C=O) groups excluding carboxylic acids is 1. The van der Waals surface area contributed by atoms with Crippen molar-refractivity contribution in [3.63, 3.8) is 0 Å². The Morgan fingerprint density at radius 2 is 1.14 bits per heavy atom. The lowest BCUT2D eigenvalue weighted by molar-refractivity contribution is 0.102. The van der Waals surface area contributed by atoms with Crippen LogP contribution in [0.4, 0.5) is 11.4 Å². The van der Waals surface area contributed by atoms with E-state index in [1.165, 1.54) is 43.1 Å². The van der Waals surface area contributed by atoms with Crippen LogP contribution in [0.25, 0.3) is 0 Å². The lowest BCUT2D eigenvalue weighted by Crippen LogP contribution is -2.12. The van der Waals surface area contributed by atoms with Gasteiger partial charge in [-0.3, -0.25) is 14.8 Å². The number of thiocarbonyl (C=S) groups is 1. The van der Waals surface area contributed by atoms with Crippen LogP contribution in [0.1, 0.15) is 14.5 Å². The van der Waals surface area contributed by atoms with Gasteiger partial charge in [0.15, 0.2) is 0 Å². The highest BCUT2D eigenvalue weighted by molar-refractivity contribution is 7.81. The van der Waals surface area contributed by atoms with Crippen molar-refractivity contribution in [3.8, 4) is 23.0 Å². The van der Waals surface area contributed by atoms with Gasteiger partial charge < -0.3 is 29.6 Å². The standard InChI is InChI=1S/C12H12N2O3S.C12H12N2O2S2/c1-16-8-4-3-5-9(17-2)11(8)14-12(15)10-6-13-7-18-10;1-15-8-4-3-5-9(16-2)11(8)14-12(17)10-6-13-7-18-10/h3-7H,1-2H3,(H,14,15);3-7H,1-2H3,(H,14,17). The van der Waals surface area contributed by atoms with Gasteiger partial charge in [0.2, 0.25) is 0 Å². The molecule has 9 nitrogen and oxygen atoms in total. The molecule has 36 heavy (non-hydrogen) atoms. The molecule has 188 valence electrons. The molecule has 2 N–H and O–H groups in total. The zero-order valence-electron chi connectivity index (χ0n) is 19.9. The van der Waals surface area contributed by atoms with Crippen molar-refractivity contribution in [2.45, 2.75) is 0 Å². The van der Waals surface area contributed by atoms with Gasteiger partial charge in [0.25, 0.3) is 5.91 Å². The Bertz CT molecular complexity index is 1140. The molecular weight excluding hydrogens is 520 g/mol. The fraction of sp³-hybridized carbons (Fsp3) is 0.167. The predicted octanol–water partition coefficient (Wildman–Crippen LogP) is 5.36. The van der Waals surface area contributed by atoms with E-state index in [4.69, 9.17) is 31.2 Å². The monoisotopic (exact) mass is 544 g/mol. The molecule has 0 atom stereocenters. The molecule has 0 saturated carbocycles. The van der Waals surface area contributed by atoms with Gasteiger partial charge in [-0.2, -0.15) is 0 Å². The summed E-state index contributed by atoms with van der Waals surface area (Å²) in [7, 11) is 6.29. The average molecular weight is 545 g/mol. The molecule has 4 rings (SSSR count). The highest BCUT2D eigenvalue weighted by Crippen LogP contribution is 2.35. The smallest absolute Gasteiger partial charge is 0.267 e. The van der Waals surface area contributed by atoms with E-state index in [2.05, 4.69) is 20.6 Å². The minimum atomic E-state index is -0.236. The van der Waals surface area contributed by atoms with Gasteiger partial charge in [-0.25, -0.2) is 0 Å². The second-order valence-corrected chi connectivity index (χ2v) is 8.90. The summed E-state index contributed by atoms with van der Waals surface area (Å²) in [6.07, 6.45) is 3.24. The Labute approximate surface area is 222 Å². The third-order valence-corrected chi connectivity index (χ3v) is 6.66.